The Hall–Kier alpha value is -1.40. The van der Waals surface area contributed by atoms with Gasteiger partial charge in [0.1, 0.15) is 0 Å². The van der Waals surface area contributed by atoms with Gasteiger partial charge in [-0.25, -0.2) is 0 Å². The molecule has 6 heteroatoms. The van der Waals surface area contributed by atoms with Gasteiger partial charge >= 0.3 is 0 Å². The van der Waals surface area contributed by atoms with E-state index in [1.54, 1.807) is 17.5 Å². The van der Waals surface area contributed by atoms with Crippen LogP contribution in [0.4, 0.5) is 0 Å². The Morgan fingerprint density at radius 2 is 2.20 bits per heavy atom. The molecule has 0 atom stereocenters. The molecule has 2 heterocycles. The molecule has 0 aromatic carbocycles. The molecule has 0 aliphatic rings. The highest BCUT2D eigenvalue weighted by Crippen LogP contribution is 2.22. The summed E-state index contributed by atoms with van der Waals surface area (Å²) in [7, 11) is 0. The molecule has 0 unspecified atom stereocenters. The fourth-order valence-corrected chi connectivity index (χ4v) is 3.17. The maximum Gasteiger partial charge on any atom is 0.188 e. The topological polar surface area (TPSA) is 63.3 Å². The molecule has 0 saturated heterocycles. The highest BCUT2D eigenvalue weighted by molar-refractivity contribution is 9.11. The van der Waals surface area contributed by atoms with Crippen molar-refractivity contribution >= 4 is 33.2 Å². The van der Waals surface area contributed by atoms with Crippen molar-refractivity contribution in [2.24, 2.45) is 10.7 Å². The van der Waals surface area contributed by atoms with Crippen LogP contribution in [0.3, 0.4) is 0 Å². The molecule has 106 valence electrons. The number of pyridine rings is 1. The summed E-state index contributed by atoms with van der Waals surface area (Å²) in [6.45, 7) is 1.45. The summed E-state index contributed by atoms with van der Waals surface area (Å²) in [4.78, 5) is 9.88. The molecule has 0 radical (unpaired) electrons. The lowest BCUT2D eigenvalue weighted by atomic mass is 10.3. The van der Waals surface area contributed by atoms with Gasteiger partial charge < -0.3 is 11.1 Å². The van der Waals surface area contributed by atoms with Crippen molar-refractivity contribution in [2.45, 2.75) is 12.8 Å². The van der Waals surface area contributed by atoms with Gasteiger partial charge in [-0.3, -0.25) is 9.98 Å². The number of hydrogen-bond donors (Lipinski definition) is 2. The van der Waals surface area contributed by atoms with Crippen LogP contribution in [0.5, 0.6) is 0 Å². The number of nitrogens with two attached hydrogens (primary N) is 1. The Morgan fingerprint density at radius 3 is 2.90 bits per heavy atom. The largest absolute Gasteiger partial charge is 0.370 e. The average molecular weight is 353 g/mol. The van der Waals surface area contributed by atoms with E-state index < -0.39 is 0 Å². The van der Waals surface area contributed by atoms with Gasteiger partial charge in [0.2, 0.25) is 0 Å². The van der Waals surface area contributed by atoms with E-state index >= 15 is 0 Å². The van der Waals surface area contributed by atoms with Crippen LogP contribution >= 0.6 is 27.3 Å². The molecule has 3 N–H and O–H groups in total. The van der Waals surface area contributed by atoms with Crippen molar-refractivity contribution < 1.29 is 0 Å². The molecule has 4 nitrogen and oxygen atoms in total. The third-order valence-electron chi connectivity index (χ3n) is 2.68. The van der Waals surface area contributed by atoms with Crippen molar-refractivity contribution in [3.63, 3.8) is 0 Å². The van der Waals surface area contributed by atoms with Crippen LogP contribution in [0, 0.1) is 0 Å². The normalized spacial score (nSPS) is 11.6. The first-order valence-corrected chi connectivity index (χ1v) is 8.03. The Balaban J connectivity index is 1.66. The zero-order valence-corrected chi connectivity index (χ0v) is 13.5. The smallest absolute Gasteiger partial charge is 0.188 e. The van der Waals surface area contributed by atoms with E-state index in [2.05, 4.69) is 43.4 Å². The molecular weight excluding hydrogens is 336 g/mol. The van der Waals surface area contributed by atoms with E-state index in [1.165, 1.54) is 4.88 Å². The number of halogens is 1. The van der Waals surface area contributed by atoms with Crippen molar-refractivity contribution in [1.82, 2.24) is 10.3 Å². The van der Waals surface area contributed by atoms with Gasteiger partial charge in [-0.1, -0.05) is 6.07 Å². The Bertz CT molecular complexity index is 553. The predicted octanol–water partition coefficient (Wildman–Crippen LogP) is 2.60. The van der Waals surface area contributed by atoms with Crippen LogP contribution < -0.4 is 11.1 Å². The van der Waals surface area contributed by atoms with Gasteiger partial charge in [0, 0.05) is 42.7 Å². The second kappa shape index (κ2) is 8.01. The van der Waals surface area contributed by atoms with E-state index in [-0.39, 0.29) is 0 Å². The SMILES string of the molecule is NC(=NCCc1ccc(Br)s1)NCCc1ccccn1. The summed E-state index contributed by atoms with van der Waals surface area (Å²) in [6.07, 6.45) is 3.56. The monoisotopic (exact) mass is 352 g/mol. The molecule has 2 aromatic rings. The van der Waals surface area contributed by atoms with E-state index in [0.29, 0.717) is 12.5 Å². The second-order valence-electron chi connectivity index (χ2n) is 4.22. The minimum atomic E-state index is 0.497. The minimum Gasteiger partial charge on any atom is -0.370 e. The first-order chi connectivity index (χ1) is 9.74. The molecule has 0 aliphatic carbocycles. The molecule has 0 saturated carbocycles. The first kappa shape index (κ1) is 15.0. The van der Waals surface area contributed by atoms with Gasteiger partial charge in [0.15, 0.2) is 5.96 Å². The molecule has 0 bridgehead atoms. The lowest BCUT2D eigenvalue weighted by Gasteiger charge is -2.05. The lowest BCUT2D eigenvalue weighted by molar-refractivity contribution is 0.826. The molecule has 2 rings (SSSR count). The summed E-state index contributed by atoms with van der Waals surface area (Å²) in [5.41, 5.74) is 6.87. The molecule has 0 fully saturated rings. The molecule has 0 aliphatic heterocycles. The maximum absolute atomic E-state index is 5.82. The van der Waals surface area contributed by atoms with E-state index in [0.717, 1.165) is 28.9 Å². The predicted molar refractivity (Wildman–Crippen MR) is 88.2 cm³/mol. The van der Waals surface area contributed by atoms with Crippen LogP contribution in [0.1, 0.15) is 10.6 Å². The van der Waals surface area contributed by atoms with Crippen LogP contribution in [-0.4, -0.2) is 24.0 Å². The van der Waals surface area contributed by atoms with Crippen LogP contribution in [0.25, 0.3) is 0 Å². The van der Waals surface area contributed by atoms with Crippen LogP contribution in [-0.2, 0) is 12.8 Å². The first-order valence-electron chi connectivity index (χ1n) is 6.42. The van der Waals surface area contributed by atoms with E-state index in [4.69, 9.17) is 5.73 Å². The van der Waals surface area contributed by atoms with Crippen molar-refractivity contribution in [1.29, 1.82) is 0 Å². The second-order valence-corrected chi connectivity index (χ2v) is 6.77. The van der Waals surface area contributed by atoms with Crippen molar-refractivity contribution in [3.05, 3.63) is 50.9 Å². The molecule has 0 amide bonds. The summed E-state index contributed by atoms with van der Waals surface area (Å²) >= 11 is 5.18. The molecular formula is C14H17BrN4S. The van der Waals surface area contributed by atoms with Crippen molar-refractivity contribution in [3.8, 4) is 0 Å². The molecule has 0 spiro atoms. The number of rotatable bonds is 6. The quantitative estimate of drug-likeness (QED) is 0.620. The van der Waals surface area contributed by atoms with Gasteiger partial charge in [0.05, 0.1) is 3.79 Å². The Morgan fingerprint density at radius 1 is 1.30 bits per heavy atom. The summed E-state index contributed by atoms with van der Waals surface area (Å²) < 4.78 is 1.15. The number of guanidine groups is 1. The van der Waals surface area contributed by atoms with Gasteiger partial charge in [-0.2, -0.15) is 0 Å². The standard InChI is InChI=1S/C14H17BrN4S/c15-13-5-4-12(20-13)7-10-19-14(16)18-9-6-11-3-1-2-8-17-11/h1-5,8H,6-7,9-10H2,(H3,16,18,19). The third kappa shape index (κ3) is 5.30. The fraction of sp³-hybridized carbons (Fsp3) is 0.286. The number of thiophene rings is 1. The fourth-order valence-electron chi connectivity index (χ4n) is 1.69. The van der Waals surface area contributed by atoms with E-state index in [1.807, 2.05) is 18.2 Å². The number of hydrogen-bond acceptors (Lipinski definition) is 3. The van der Waals surface area contributed by atoms with Gasteiger partial charge in [-0.05, 0) is 40.2 Å². The molecule has 2 aromatic heterocycles. The Kier molecular flexibility index (Phi) is 6.01. The van der Waals surface area contributed by atoms with Gasteiger partial charge in [-0.15, -0.1) is 11.3 Å². The summed E-state index contributed by atoms with van der Waals surface area (Å²) in [6, 6.07) is 10.1. The Labute approximate surface area is 131 Å². The van der Waals surface area contributed by atoms with E-state index in [9.17, 15) is 0 Å². The van der Waals surface area contributed by atoms with Crippen molar-refractivity contribution in [2.75, 3.05) is 13.1 Å². The number of aliphatic imine (C=N–C) groups is 1. The molecule has 20 heavy (non-hydrogen) atoms. The zero-order valence-electron chi connectivity index (χ0n) is 11.1. The summed E-state index contributed by atoms with van der Waals surface area (Å²) in [5, 5.41) is 3.10. The number of nitrogens with zero attached hydrogens (tertiary/aromatic N) is 2. The maximum atomic E-state index is 5.82. The summed E-state index contributed by atoms with van der Waals surface area (Å²) in [5.74, 6) is 0.497. The van der Waals surface area contributed by atoms with Crippen LogP contribution in [0.2, 0.25) is 0 Å². The van der Waals surface area contributed by atoms with Gasteiger partial charge in [0.25, 0.3) is 0 Å². The highest BCUT2D eigenvalue weighted by Gasteiger charge is 1.98. The highest BCUT2D eigenvalue weighted by atomic mass is 79.9. The zero-order chi connectivity index (χ0) is 14.2. The lowest BCUT2D eigenvalue weighted by Crippen LogP contribution is -2.33. The number of aromatic nitrogens is 1. The average Bonchev–Trinajstić information content (AvgIpc) is 2.86. The minimum absolute atomic E-state index is 0.497. The third-order valence-corrected chi connectivity index (χ3v) is 4.37. The number of nitrogens with one attached hydrogen (secondary N) is 1. The van der Waals surface area contributed by atoms with Crippen LogP contribution in [0.15, 0.2) is 45.3 Å².